The van der Waals surface area contributed by atoms with Crippen LogP contribution >= 0.6 is 11.3 Å². The van der Waals surface area contributed by atoms with Crippen LogP contribution < -0.4 is 10.6 Å². The number of likely N-dealkylation sites (N-methyl/N-ethyl adjacent to an activating group) is 1. The van der Waals surface area contributed by atoms with Crippen LogP contribution in [0.1, 0.15) is 82.6 Å². The maximum absolute atomic E-state index is 15.2. The van der Waals surface area contributed by atoms with Crippen molar-refractivity contribution in [1.82, 2.24) is 35.1 Å². The van der Waals surface area contributed by atoms with Crippen LogP contribution in [0.2, 0.25) is 0 Å². The fourth-order valence-electron chi connectivity index (χ4n) is 9.76. The van der Waals surface area contributed by atoms with Crippen molar-refractivity contribution in [2.24, 2.45) is 5.41 Å². The molecule has 2 atom stereocenters. The molecule has 0 bridgehead atoms. The predicted octanol–water partition coefficient (Wildman–Crippen LogP) is 5.16. The summed E-state index contributed by atoms with van der Waals surface area (Å²) in [5, 5.41) is 8.49. The summed E-state index contributed by atoms with van der Waals surface area (Å²) in [6.07, 6.45) is 8.29. The van der Waals surface area contributed by atoms with E-state index >= 15 is 4.79 Å². The summed E-state index contributed by atoms with van der Waals surface area (Å²) in [7, 11) is 0.115. The lowest BCUT2D eigenvalue weighted by Gasteiger charge is -2.46. The number of carbonyl (C=O) groups excluding carboxylic acids is 3. The highest BCUT2D eigenvalue weighted by Gasteiger charge is 2.45. The maximum atomic E-state index is 15.2. The minimum absolute atomic E-state index is 0.00954. The molecule has 2 N–H and O–H groups in total. The first-order valence-corrected chi connectivity index (χ1v) is 22.0. The van der Waals surface area contributed by atoms with Gasteiger partial charge in [-0.25, -0.2) is 0 Å². The van der Waals surface area contributed by atoms with Crippen molar-refractivity contribution in [3.05, 3.63) is 93.2 Å². The van der Waals surface area contributed by atoms with Gasteiger partial charge in [0.1, 0.15) is 6.04 Å². The van der Waals surface area contributed by atoms with E-state index in [2.05, 4.69) is 56.8 Å². The normalized spacial score (nSPS) is 23.9. The van der Waals surface area contributed by atoms with E-state index in [1.807, 2.05) is 29.6 Å². The van der Waals surface area contributed by atoms with Crippen LogP contribution in [-0.2, 0) is 46.9 Å². The maximum Gasteiger partial charge on any atom is 0.244 e. The lowest BCUT2D eigenvalue weighted by molar-refractivity contribution is -0.152. The molecule has 7 rings (SSSR count). The van der Waals surface area contributed by atoms with E-state index in [9.17, 15) is 9.59 Å². The second kappa shape index (κ2) is 19.4. The number of hydrogen-bond donors (Lipinski definition) is 2. The molecule has 1 spiro atoms. The molecule has 1 saturated carbocycles. The molecule has 2 aromatic carbocycles. The van der Waals surface area contributed by atoms with Crippen LogP contribution in [0.5, 0.6) is 0 Å². The first-order chi connectivity index (χ1) is 29.3. The fourth-order valence-corrected chi connectivity index (χ4v) is 10.4. The smallest absolute Gasteiger partial charge is 0.244 e. The molecule has 3 amide bonds. The van der Waals surface area contributed by atoms with Gasteiger partial charge in [-0.2, -0.15) is 0 Å². The molecular weight excluding hydrogens is 731 g/mol. The molecule has 1 aliphatic carbocycles. The Morgan fingerprint density at radius 2 is 1.84 bits per heavy atom. The number of carbonyl (C=O) groups is 3. The second-order valence-electron chi connectivity index (χ2n) is 16.9. The zero-order valence-electron chi connectivity index (χ0n) is 36.7. The summed E-state index contributed by atoms with van der Waals surface area (Å²) >= 11 is 1.57. The zero-order valence-corrected chi connectivity index (χ0v) is 34.5. The van der Waals surface area contributed by atoms with Gasteiger partial charge in [-0.3, -0.25) is 24.2 Å². The Morgan fingerprint density at radius 3 is 2.63 bits per heavy atom. The molecule has 1 aromatic heterocycles. The average molecular weight is 799 g/mol. The molecule has 3 fully saturated rings. The van der Waals surface area contributed by atoms with E-state index < -0.39 is 12.1 Å². The standard InChI is InChI=1S/C46H65N7O3S/c1-49(2)24-8-7-16-41(50(3)38-17-20-46(21-18-38)22-25-51(34-46)32-35-11-5-4-6-12-35)45(56)53-27-26-52(33-42(53)44(55)48-31-39-15-10-28-57-39)43(54)29-36-13-9-14-37-30-47-23-19-40(36)37/h4-6,9-15,28,38,41-42,47H,7-8,16-27,29-34H2,1-3H3,(H,48,55)/t38?,41-,42-,46?/m0/s1/i1D,2D,3D. The molecule has 4 aliphatic rings. The van der Waals surface area contributed by atoms with Gasteiger partial charge in [-0.05, 0) is 131 Å². The number of benzene rings is 2. The van der Waals surface area contributed by atoms with E-state index in [1.54, 1.807) is 26.0 Å². The van der Waals surface area contributed by atoms with Crippen molar-refractivity contribution in [1.29, 1.82) is 0 Å². The highest BCUT2D eigenvalue weighted by atomic mass is 32.1. The van der Waals surface area contributed by atoms with Crippen LogP contribution in [-0.4, -0.2) is 127 Å². The molecule has 10 nitrogen and oxygen atoms in total. The molecule has 2 saturated heterocycles. The number of amides is 3. The van der Waals surface area contributed by atoms with Gasteiger partial charge in [0.05, 0.1) is 25.6 Å². The molecule has 3 aromatic rings. The Morgan fingerprint density at radius 1 is 0.982 bits per heavy atom. The lowest BCUT2D eigenvalue weighted by atomic mass is 9.71. The van der Waals surface area contributed by atoms with Crippen molar-refractivity contribution in [2.45, 2.75) is 102 Å². The third-order valence-corrected chi connectivity index (χ3v) is 13.9. The highest BCUT2D eigenvalue weighted by Crippen LogP contribution is 2.45. The molecule has 0 unspecified atom stereocenters. The van der Waals surface area contributed by atoms with Gasteiger partial charge in [-0.15, -0.1) is 11.3 Å². The minimum Gasteiger partial charge on any atom is -0.349 e. The monoisotopic (exact) mass is 799 g/mol. The van der Waals surface area contributed by atoms with Crippen molar-refractivity contribution in [3.63, 3.8) is 0 Å². The molecule has 0 radical (unpaired) electrons. The SMILES string of the molecule is [2H]CN(C[2H])CCCC[C@@H](C(=O)N1CCN(C(=O)Cc2cccc3c2CCNC3)C[C@H]1C(=O)NCc1cccs1)N(C[2H])C1CCC2(CC1)CCN(Cc1ccccc1)C2. The summed E-state index contributed by atoms with van der Waals surface area (Å²) < 4.78 is 24.5. The van der Waals surface area contributed by atoms with Crippen molar-refractivity contribution < 1.29 is 18.5 Å². The molecule has 308 valence electrons. The number of rotatable bonds is 15. The Bertz CT molecular complexity index is 1840. The summed E-state index contributed by atoms with van der Waals surface area (Å²) in [5.41, 5.74) is 5.11. The van der Waals surface area contributed by atoms with Gasteiger partial charge in [0, 0.05) is 47.8 Å². The van der Waals surface area contributed by atoms with E-state index in [1.165, 1.54) is 23.1 Å². The first kappa shape index (κ1) is 37.6. The summed E-state index contributed by atoms with van der Waals surface area (Å²) in [6.45, 7) is 6.48. The average Bonchev–Trinajstić information content (AvgIpc) is 3.96. The van der Waals surface area contributed by atoms with Crippen LogP contribution in [0, 0.1) is 5.41 Å². The van der Waals surface area contributed by atoms with E-state index in [0.29, 0.717) is 32.5 Å². The van der Waals surface area contributed by atoms with Gasteiger partial charge >= 0.3 is 0 Å². The van der Waals surface area contributed by atoms with Crippen LogP contribution in [0.25, 0.3) is 0 Å². The third-order valence-electron chi connectivity index (χ3n) is 13.1. The molecule has 3 aliphatic heterocycles. The number of unbranched alkanes of at least 4 members (excludes halogenated alkanes) is 1. The lowest BCUT2D eigenvalue weighted by Crippen LogP contribution is -2.64. The quantitative estimate of drug-likeness (QED) is 0.206. The van der Waals surface area contributed by atoms with Crippen molar-refractivity contribution in [3.8, 4) is 0 Å². The topological polar surface area (TPSA) is 91.5 Å². The Kier molecular flexibility index (Phi) is 12.8. The predicted molar refractivity (Wildman–Crippen MR) is 229 cm³/mol. The number of hydrogen-bond acceptors (Lipinski definition) is 8. The van der Waals surface area contributed by atoms with Gasteiger partial charge in [0.15, 0.2) is 0 Å². The van der Waals surface area contributed by atoms with Gasteiger partial charge in [0.2, 0.25) is 17.7 Å². The third kappa shape index (κ3) is 10.5. The van der Waals surface area contributed by atoms with E-state index in [4.69, 9.17) is 4.11 Å². The highest BCUT2D eigenvalue weighted by molar-refractivity contribution is 7.09. The Balaban J connectivity index is 1.07. The minimum atomic E-state index is -0.857. The summed E-state index contributed by atoms with van der Waals surface area (Å²) in [5.74, 6) is -0.438. The van der Waals surface area contributed by atoms with Crippen LogP contribution in [0.4, 0.5) is 0 Å². The van der Waals surface area contributed by atoms with Crippen molar-refractivity contribution in [2.75, 3.05) is 66.9 Å². The summed E-state index contributed by atoms with van der Waals surface area (Å²) in [6, 6.07) is 19.4. The molecule has 4 heterocycles. The van der Waals surface area contributed by atoms with E-state index in [-0.39, 0.29) is 69.8 Å². The number of piperazine rings is 1. The number of likely N-dealkylation sites (tertiary alicyclic amines) is 1. The van der Waals surface area contributed by atoms with E-state index in [0.717, 1.165) is 81.7 Å². The summed E-state index contributed by atoms with van der Waals surface area (Å²) in [4.78, 5) is 54.4. The second-order valence-corrected chi connectivity index (χ2v) is 18.0. The Labute approximate surface area is 349 Å². The largest absolute Gasteiger partial charge is 0.349 e. The molecular formula is C46H65N7O3S. The Hall–Kier alpha value is -3.61. The number of fused-ring (bicyclic) bond motifs is 1. The van der Waals surface area contributed by atoms with Gasteiger partial charge in [0.25, 0.3) is 0 Å². The molecule has 11 heteroatoms. The zero-order chi connectivity index (χ0) is 41.9. The van der Waals surface area contributed by atoms with Crippen molar-refractivity contribution >= 4 is 29.1 Å². The number of nitrogens with zero attached hydrogens (tertiary/aromatic N) is 5. The number of nitrogens with one attached hydrogen (secondary N) is 2. The van der Waals surface area contributed by atoms with Gasteiger partial charge in [-0.1, -0.05) is 61.0 Å². The van der Waals surface area contributed by atoms with Crippen LogP contribution in [0.15, 0.2) is 66.0 Å². The fraction of sp³-hybridized carbons (Fsp3) is 0.587. The first-order valence-electron chi connectivity index (χ1n) is 23.2. The molecule has 57 heavy (non-hydrogen) atoms. The van der Waals surface area contributed by atoms with Crippen LogP contribution in [0.3, 0.4) is 0 Å². The number of thiophene rings is 1. The van der Waals surface area contributed by atoms with Gasteiger partial charge < -0.3 is 25.3 Å².